The molecule has 0 fully saturated rings. The van der Waals surface area contributed by atoms with Gasteiger partial charge in [-0.1, -0.05) is 41.9 Å². The highest BCUT2D eigenvalue weighted by atomic mass is 35.5. The summed E-state index contributed by atoms with van der Waals surface area (Å²) < 4.78 is 57.6. The summed E-state index contributed by atoms with van der Waals surface area (Å²) in [7, 11) is 1.57. The maximum atomic E-state index is 15.1. The van der Waals surface area contributed by atoms with Crippen LogP contribution in [0.2, 0.25) is 5.02 Å². The molecule has 41 heavy (non-hydrogen) atoms. The first-order chi connectivity index (χ1) is 19.5. The van der Waals surface area contributed by atoms with Crippen molar-refractivity contribution in [2.75, 3.05) is 6.54 Å². The number of nitrogens with one attached hydrogen (secondary N) is 1. The van der Waals surface area contributed by atoms with E-state index in [1.54, 1.807) is 19.2 Å². The van der Waals surface area contributed by atoms with Gasteiger partial charge in [-0.3, -0.25) is 24.0 Å². The summed E-state index contributed by atoms with van der Waals surface area (Å²) in [5.74, 6) is -2.84. The van der Waals surface area contributed by atoms with E-state index in [0.29, 0.717) is 5.69 Å². The fourth-order valence-electron chi connectivity index (χ4n) is 4.86. The fraction of sp³-hybridized carbons (Fsp3) is 0.172. The van der Waals surface area contributed by atoms with E-state index in [-0.39, 0.29) is 39.3 Å². The van der Waals surface area contributed by atoms with Gasteiger partial charge in [0.25, 0.3) is 17.7 Å². The fourth-order valence-corrected chi connectivity index (χ4v) is 5.13. The van der Waals surface area contributed by atoms with Gasteiger partial charge < -0.3 is 5.32 Å². The number of benzene rings is 3. The van der Waals surface area contributed by atoms with Gasteiger partial charge in [-0.05, 0) is 48.4 Å². The third kappa shape index (κ3) is 5.45. The number of imide groups is 1. The lowest BCUT2D eigenvalue weighted by molar-refractivity contribution is -0.138. The lowest BCUT2D eigenvalue weighted by Crippen LogP contribution is -2.47. The standard InChI is InChI=1S/C29H21ClF4N4O3/c1-37-25(23(30)14-35-37)21-11-10-17(13-24(21)31)26(39)36-18(12-16-6-2-5-9-22(16)29(32,33)34)15-38-27(40)19-7-3-4-8-20(19)28(38)41/h2-11,13-14,18H,12,15H2,1H3,(H,36,39)/t18-/m0/s1. The molecule has 3 amide bonds. The predicted molar refractivity (Wildman–Crippen MR) is 142 cm³/mol. The number of alkyl halides is 3. The average Bonchev–Trinajstić information content (AvgIpc) is 3.39. The summed E-state index contributed by atoms with van der Waals surface area (Å²) in [6, 6.07) is 13.5. The third-order valence-electron chi connectivity index (χ3n) is 6.79. The second-order valence-corrected chi connectivity index (χ2v) is 9.86. The highest BCUT2D eigenvalue weighted by Crippen LogP contribution is 2.33. The topological polar surface area (TPSA) is 84.3 Å². The summed E-state index contributed by atoms with van der Waals surface area (Å²) >= 11 is 6.11. The van der Waals surface area contributed by atoms with E-state index >= 15 is 4.39 Å². The van der Waals surface area contributed by atoms with Crippen LogP contribution in [0.5, 0.6) is 0 Å². The zero-order valence-electron chi connectivity index (χ0n) is 21.4. The minimum absolute atomic E-state index is 0.0910. The summed E-state index contributed by atoms with van der Waals surface area (Å²) in [4.78, 5) is 40.1. The average molecular weight is 585 g/mol. The molecule has 12 heteroatoms. The van der Waals surface area contributed by atoms with Crippen LogP contribution in [-0.4, -0.2) is 45.0 Å². The molecule has 2 heterocycles. The first-order valence-electron chi connectivity index (χ1n) is 12.3. The van der Waals surface area contributed by atoms with Crippen LogP contribution in [0.15, 0.2) is 72.9 Å². The number of nitrogens with zero attached hydrogens (tertiary/aromatic N) is 3. The van der Waals surface area contributed by atoms with E-state index in [1.807, 2.05) is 0 Å². The number of aryl methyl sites for hydroxylation is 1. The zero-order chi connectivity index (χ0) is 29.5. The number of rotatable bonds is 7. The molecular weight excluding hydrogens is 564 g/mol. The van der Waals surface area contributed by atoms with Gasteiger partial charge in [-0.15, -0.1) is 0 Å². The quantitative estimate of drug-likeness (QED) is 0.229. The summed E-state index contributed by atoms with van der Waals surface area (Å²) in [6.07, 6.45) is -3.69. The molecule has 4 aromatic rings. The zero-order valence-corrected chi connectivity index (χ0v) is 22.1. The smallest absolute Gasteiger partial charge is 0.347 e. The Kier molecular flexibility index (Phi) is 7.39. The van der Waals surface area contributed by atoms with Gasteiger partial charge in [0.15, 0.2) is 0 Å². The van der Waals surface area contributed by atoms with Crippen molar-refractivity contribution >= 4 is 29.3 Å². The second kappa shape index (κ2) is 10.8. The number of hydrogen-bond acceptors (Lipinski definition) is 4. The Morgan fingerprint density at radius 3 is 2.20 bits per heavy atom. The van der Waals surface area contributed by atoms with Crippen LogP contribution in [0.4, 0.5) is 17.6 Å². The number of halogens is 5. The van der Waals surface area contributed by atoms with Gasteiger partial charge in [0.05, 0.1) is 39.6 Å². The first kappa shape index (κ1) is 28.0. The molecule has 1 N–H and O–H groups in total. The van der Waals surface area contributed by atoms with Crippen LogP contribution >= 0.6 is 11.6 Å². The number of aromatic nitrogens is 2. The Balaban J connectivity index is 1.45. The molecule has 0 spiro atoms. The summed E-state index contributed by atoms with van der Waals surface area (Å²) in [6.45, 7) is -0.407. The predicted octanol–water partition coefficient (Wildman–Crippen LogP) is 5.54. The van der Waals surface area contributed by atoms with Gasteiger partial charge in [0, 0.05) is 24.7 Å². The van der Waals surface area contributed by atoms with E-state index in [9.17, 15) is 27.6 Å². The molecule has 0 unspecified atom stereocenters. The van der Waals surface area contributed by atoms with Crippen molar-refractivity contribution in [1.82, 2.24) is 20.0 Å². The van der Waals surface area contributed by atoms with Crippen molar-refractivity contribution in [3.8, 4) is 11.3 Å². The lowest BCUT2D eigenvalue weighted by Gasteiger charge is -2.25. The molecule has 3 aromatic carbocycles. The largest absolute Gasteiger partial charge is 0.416 e. The Morgan fingerprint density at radius 2 is 1.61 bits per heavy atom. The molecule has 0 saturated carbocycles. The maximum Gasteiger partial charge on any atom is 0.416 e. The Morgan fingerprint density at radius 1 is 0.976 bits per heavy atom. The van der Waals surface area contributed by atoms with Gasteiger partial charge >= 0.3 is 6.18 Å². The minimum Gasteiger partial charge on any atom is -0.347 e. The highest BCUT2D eigenvalue weighted by molar-refractivity contribution is 6.33. The number of carbonyl (C=O) groups is 3. The number of fused-ring (bicyclic) bond motifs is 1. The van der Waals surface area contributed by atoms with Crippen LogP contribution in [0.1, 0.15) is 42.2 Å². The Labute approximate surface area is 236 Å². The molecule has 1 aromatic heterocycles. The molecule has 210 valence electrons. The third-order valence-corrected chi connectivity index (χ3v) is 7.06. The first-order valence-corrected chi connectivity index (χ1v) is 12.7. The molecule has 0 bridgehead atoms. The normalized spacial score (nSPS) is 13.9. The van der Waals surface area contributed by atoms with Crippen LogP contribution in [0, 0.1) is 5.82 Å². The van der Waals surface area contributed by atoms with Crippen LogP contribution in [-0.2, 0) is 19.6 Å². The van der Waals surface area contributed by atoms with Crippen molar-refractivity contribution in [2.45, 2.75) is 18.6 Å². The van der Waals surface area contributed by atoms with E-state index in [0.717, 1.165) is 17.0 Å². The minimum atomic E-state index is -4.67. The molecule has 0 aliphatic carbocycles. The van der Waals surface area contributed by atoms with E-state index in [1.165, 1.54) is 53.3 Å². The van der Waals surface area contributed by atoms with Gasteiger partial charge in [-0.25, -0.2) is 4.39 Å². The SMILES string of the molecule is Cn1ncc(Cl)c1-c1ccc(C(=O)N[C@@H](Cc2ccccc2C(F)(F)F)CN2C(=O)c3ccccc3C2=O)cc1F. The van der Waals surface area contributed by atoms with Crippen LogP contribution < -0.4 is 5.32 Å². The van der Waals surface area contributed by atoms with Crippen LogP contribution in [0.3, 0.4) is 0 Å². The molecule has 1 aliphatic heterocycles. The number of hydrogen-bond donors (Lipinski definition) is 1. The molecule has 1 atom stereocenters. The van der Waals surface area contributed by atoms with Crippen molar-refractivity contribution < 1.29 is 31.9 Å². The number of carbonyl (C=O) groups excluding carboxylic acids is 3. The monoisotopic (exact) mass is 584 g/mol. The number of amides is 3. The van der Waals surface area contributed by atoms with Crippen molar-refractivity contribution in [3.05, 3.63) is 112 Å². The Bertz CT molecular complexity index is 1630. The van der Waals surface area contributed by atoms with E-state index in [4.69, 9.17) is 11.6 Å². The maximum absolute atomic E-state index is 15.1. The molecule has 7 nitrogen and oxygen atoms in total. The summed E-state index contributed by atoms with van der Waals surface area (Å²) in [5, 5.41) is 6.77. The van der Waals surface area contributed by atoms with Crippen LogP contribution in [0.25, 0.3) is 11.3 Å². The molecular formula is C29H21ClF4N4O3. The molecule has 0 radical (unpaired) electrons. The summed E-state index contributed by atoms with van der Waals surface area (Å²) in [5.41, 5.74) is -0.480. The highest BCUT2D eigenvalue weighted by Gasteiger charge is 2.38. The molecule has 0 saturated heterocycles. The van der Waals surface area contributed by atoms with Crippen molar-refractivity contribution in [3.63, 3.8) is 0 Å². The molecule has 5 rings (SSSR count). The van der Waals surface area contributed by atoms with Gasteiger partial charge in [-0.2, -0.15) is 18.3 Å². The van der Waals surface area contributed by atoms with Gasteiger partial charge in [0.2, 0.25) is 0 Å². The Hall–Kier alpha value is -4.51. The van der Waals surface area contributed by atoms with Crippen molar-refractivity contribution in [2.24, 2.45) is 7.05 Å². The second-order valence-electron chi connectivity index (χ2n) is 9.46. The van der Waals surface area contributed by atoms with E-state index in [2.05, 4.69) is 10.4 Å². The lowest BCUT2D eigenvalue weighted by atomic mass is 9.99. The van der Waals surface area contributed by atoms with E-state index < -0.39 is 47.9 Å². The van der Waals surface area contributed by atoms with Crippen molar-refractivity contribution in [1.29, 1.82) is 0 Å². The van der Waals surface area contributed by atoms with Gasteiger partial charge in [0.1, 0.15) is 5.82 Å². The molecule has 1 aliphatic rings.